The summed E-state index contributed by atoms with van der Waals surface area (Å²) in [6, 6.07) is 6.08. The quantitative estimate of drug-likeness (QED) is 0.877. The zero-order valence-corrected chi connectivity index (χ0v) is 11.2. The van der Waals surface area contributed by atoms with Crippen LogP contribution in [0.1, 0.15) is 25.0 Å². The summed E-state index contributed by atoms with van der Waals surface area (Å²) in [7, 11) is 1.78. The normalized spacial score (nSPS) is 14.0. The van der Waals surface area contributed by atoms with Crippen LogP contribution in [0.5, 0.6) is 5.75 Å². The molecule has 0 atom stereocenters. The number of nitrogens with two attached hydrogens (primary N) is 1. The number of hydrogen-bond donors (Lipinski definition) is 1. The predicted octanol–water partition coefficient (Wildman–Crippen LogP) is 1.32. The molecule has 0 saturated heterocycles. The lowest BCUT2D eigenvalue weighted by Gasteiger charge is -2.26. The molecule has 0 fully saturated rings. The molecule has 1 aliphatic heterocycles. The Bertz CT molecular complexity index is 463. The zero-order chi connectivity index (χ0) is 13.3. The summed E-state index contributed by atoms with van der Waals surface area (Å²) < 4.78 is 5.46. The van der Waals surface area contributed by atoms with Gasteiger partial charge in [0, 0.05) is 20.0 Å². The van der Waals surface area contributed by atoms with Crippen LogP contribution in [0.3, 0.4) is 0 Å². The second-order valence-corrected chi connectivity index (χ2v) is 5.42. The van der Waals surface area contributed by atoms with Crippen LogP contribution in [0.15, 0.2) is 18.2 Å². The highest BCUT2D eigenvalue weighted by Crippen LogP contribution is 2.26. The number of likely N-dealkylation sites (N-methyl/N-ethyl adjacent to an activating group) is 1. The molecule has 1 aromatic carbocycles. The topological polar surface area (TPSA) is 55.6 Å². The number of carbonyl (C=O) groups is 1. The molecule has 4 heteroatoms. The molecule has 1 heterocycles. The van der Waals surface area contributed by atoms with Crippen molar-refractivity contribution in [3.63, 3.8) is 0 Å². The summed E-state index contributed by atoms with van der Waals surface area (Å²) in [6.45, 7) is 4.78. The van der Waals surface area contributed by atoms with E-state index in [9.17, 15) is 4.79 Å². The number of ether oxygens (including phenoxy) is 1. The van der Waals surface area contributed by atoms with Gasteiger partial charge in [-0.2, -0.15) is 0 Å². The molecule has 2 N–H and O–H groups in total. The number of hydrogen-bond acceptors (Lipinski definition) is 3. The van der Waals surface area contributed by atoms with Gasteiger partial charge in [0.25, 0.3) is 0 Å². The van der Waals surface area contributed by atoms with Crippen LogP contribution in [0.4, 0.5) is 0 Å². The number of amides is 1. The average Bonchev–Trinajstić information content (AvgIpc) is 2.73. The molecular formula is C14H20N2O2. The molecule has 1 aliphatic rings. The molecule has 18 heavy (non-hydrogen) atoms. The maximum Gasteiger partial charge on any atom is 0.242 e. The lowest BCUT2D eigenvalue weighted by molar-refractivity contribution is -0.134. The van der Waals surface area contributed by atoms with E-state index < -0.39 is 5.54 Å². The van der Waals surface area contributed by atoms with E-state index in [1.54, 1.807) is 25.8 Å². The molecule has 4 nitrogen and oxygen atoms in total. The van der Waals surface area contributed by atoms with Gasteiger partial charge in [-0.15, -0.1) is 0 Å². The van der Waals surface area contributed by atoms with Gasteiger partial charge >= 0.3 is 0 Å². The molecular weight excluding hydrogens is 228 g/mol. The summed E-state index contributed by atoms with van der Waals surface area (Å²) in [5.74, 6) is 0.908. The minimum Gasteiger partial charge on any atom is -0.493 e. The smallest absolute Gasteiger partial charge is 0.242 e. The molecule has 0 radical (unpaired) electrons. The summed E-state index contributed by atoms with van der Waals surface area (Å²) in [5, 5.41) is 0. The number of rotatable bonds is 3. The Hall–Kier alpha value is -1.55. The van der Waals surface area contributed by atoms with Gasteiger partial charge in [-0.1, -0.05) is 12.1 Å². The molecule has 2 rings (SSSR count). The van der Waals surface area contributed by atoms with E-state index in [0.717, 1.165) is 24.3 Å². The standard InChI is InChI=1S/C14H20N2O2/c1-14(2,15)13(17)16(3)9-10-4-5-12-11(8-10)6-7-18-12/h4-5,8H,6-7,9,15H2,1-3H3. The van der Waals surface area contributed by atoms with E-state index in [4.69, 9.17) is 10.5 Å². The van der Waals surface area contributed by atoms with Gasteiger partial charge in [-0.3, -0.25) is 4.79 Å². The fraction of sp³-hybridized carbons (Fsp3) is 0.500. The predicted molar refractivity (Wildman–Crippen MR) is 70.4 cm³/mol. The third kappa shape index (κ3) is 2.64. The number of nitrogens with zero attached hydrogens (tertiary/aromatic N) is 1. The molecule has 0 aliphatic carbocycles. The first kappa shape index (κ1) is 12.9. The largest absolute Gasteiger partial charge is 0.493 e. The van der Waals surface area contributed by atoms with Crippen molar-refractivity contribution < 1.29 is 9.53 Å². The van der Waals surface area contributed by atoms with Crippen LogP contribution < -0.4 is 10.5 Å². The maximum absolute atomic E-state index is 12.0. The summed E-state index contributed by atoms with van der Waals surface area (Å²) in [6.07, 6.45) is 0.948. The van der Waals surface area contributed by atoms with Crippen LogP contribution in [0.25, 0.3) is 0 Å². The van der Waals surface area contributed by atoms with Crippen molar-refractivity contribution in [1.82, 2.24) is 4.90 Å². The van der Waals surface area contributed by atoms with E-state index in [1.165, 1.54) is 5.56 Å². The molecule has 0 saturated carbocycles. The lowest BCUT2D eigenvalue weighted by Crippen LogP contribution is -2.49. The van der Waals surface area contributed by atoms with Crippen LogP contribution in [-0.2, 0) is 17.8 Å². The van der Waals surface area contributed by atoms with Gasteiger partial charge < -0.3 is 15.4 Å². The van der Waals surface area contributed by atoms with E-state index in [1.807, 2.05) is 12.1 Å². The van der Waals surface area contributed by atoms with Gasteiger partial charge in [0.05, 0.1) is 12.1 Å². The van der Waals surface area contributed by atoms with Crippen LogP contribution in [0, 0.1) is 0 Å². The van der Waals surface area contributed by atoms with Crippen molar-refractivity contribution in [3.05, 3.63) is 29.3 Å². The van der Waals surface area contributed by atoms with Gasteiger partial charge in [-0.05, 0) is 31.0 Å². The Morgan fingerprint density at radius 2 is 2.22 bits per heavy atom. The van der Waals surface area contributed by atoms with Crippen LogP contribution in [0.2, 0.25) is 0 Å². The van der Waals surface area contributed by atoms with Crippen LogP contribution in [-0.4, -0.2) is 30.0 Å². The van der Waals surface area contributed by atoms with Crippen molar-refractivity contribution in [1.29, 1.82) is 0 Å². The Morgan fingerprint density at radius 1 is 1.50 bits per heavy atom. The first-order chi connectivity index (χ1) is 8.38. The van der Waals surface area contributed by atoms with Crippen molar-refractivity contribution in [3.8, 4) is 5.75 Å². The highest BCUT2D eigenvalue weighted by atomic mass is 16.5. The van der Waals surface area contributed by atoms with Crippen molar-refractivity contribution in [2.75, 3.05) is 13.7 Å². The van der Waals surface area contributed by atoms with Gasteiger partial charge in [0.1, 0.15) is 5.75 Å². The fourth-order valence-electron chi connectivity index (χ4n) is 2.18. The summed E-state index contributed by atoms with van der Waals surface area (Å²) >= 11 is 0. The maximum atomic E-state index is 12.0. The Labute approximate surface area is 108 Å². The summed E-state index contributed by atoms with van der Waals surface area (Å²) in [5.41, 5.74) is 7.32. The third-order valence-corrected chi connectivity index (χ3v) is 3.07. The molecule has 98 valence electrons. The SMILES string of the molecule is CN(Cc1ccc2c(c1)CCO2)C(=O)C(C)(C)N. The van der Waals surface area contributed by atoms with Crippen LogP contribution >= 0.6 is 0 Å². The van der Waals surface area contributed by atoms with Crippen molar-refractivity contribution in [2.24, 2.45) is 5.73 Å². The molecule has 0 aromatic heterocycles. The molecule has 1 amide bonds. The van der Waals surface area contributed by atoms with Gasteiger partial charge in [0.2, 0.25) is 5.91 Å². The minimum absolute atomic E-state index is 0.0563. The Kier molecular flexibility index (Phi) is 3.30. The second-order valence-electron chi connectivity index (χ2n) is 5.42. The van der Waals surface area contributed by atoms with Crippen molar-refractivity contribution >= 4 is 5.91 Å². The van der Waals surface area contributed by atoms with E-state index in [0.29, 0.717) is 6.54 Å². The lowest BCUT2D eigenvalue weighted by atomic mass is 10.0. The monoisotopic (exact) mass is 248 g/mol. The number of benzene rings is 1. The average molecular weight is 248 g/mol. The summed E-state index contributed by atoms with van der Waals surface area (Å²) in [4.78, 5) is 13.6. The highest BCUT2D eigenvalue weighted by molar-refractivity contribution is 5.84. The first-order valence-corrected chi connectivity index (χ1v) is 6.17. The molecule has 1 aromatic rings. The fourth-order valence-corrected chi connectivity index (χ4v) is 2.18. The third-order valence-electron chi connectivity index (χ3n) is 3.07. The number of carbonyl (C=O) groups excluding carboxylic acids is 1. The van der Waals surface area contributed by atoms with E-state index in [2.05, 4.69) is 6.07 Å². The van der Waals surface area contributed by atoms with E-state index in [-0.39, 0.29) is 5.91 Å². The zero-order valence-electron chi connectivity index (χ0n) is 11.2. The minimum atomic E-state index is -0.825. The van der Waals surface area contributed by atoms with Gasteiger partial charge in [-0.25, -0.2) is 0 Å². The molecule has 0 spiro atoms. The van der Waals surface area contributed by atoms with Crippen molar-refractivity contribution in [2.45, 2.75) is 32.4 Å². The van der Waals surface area contributed by atoms with E-state index >= 15 is 0 Å². The Balaban J connectivity index is 2.08. The van der Waals surface area contributed by atoms with Gasteiger partial charge in [0.15, 0.2) is 0 Å². The molecule has 0 unspecified atom stereocenters. The first-order valence-electron chi connectivity index (χ1n) is 6.17. The second kappa shape index (κ2) is 4.61. The molecule has 0 bridgehead atoms. The number of fused-ring (bicyclic) bond motifs is 1. The Morgan fingerprint density at radius 3 is 2.89 bits per heavy atom. The highest BCUT2D eigenvalue weighted by Gasteiger charge is 2.25.